The highest BCUT2D eigenvalue weighted by atomic mass is 16.5. The molecule has 22 heavy (non-hydrogen) atoms. The van der Waals surface area contributed by atoms with Crippen molar-refractivity contribution in [2.45, 2.75) is 13.5 Å². The molecule has 0 saturated carbocycles. The number of aryl methyl sites for hydroxylation is 1. The molecule has 0 bridgehead atoms. The smallest absolute Gasteiger partial charge is 0.346 e. The molecule has 0 spiro atoms. The molecule has 0 atom stereocenters. The lowest BCUT2D eigenvalue weighted by Crippen LogP contribution is -2.23. The fourth-order valence-electron chi connectivity index (χ4n) is 2.07. The highest BCUT2D eigenvalue weighted by Gasteiger charge is 2.15. The van der Waals surface area contributed by atoms with Crippen molar-refractivity contribution < 1.29 is 9.15 Å². The van der Waals surface area contributed by atoms with E-state index in [1.807, 2.05) is 24.3 Å². The van der Waals surface area contributed by atoms with Gasteiger partial charge >= 0.3 is 5.69 Å². The fraction of sp³-hybridized carbons (Fsp3) is 0.286. The Bertz CT molecular complexity index is 861. The Kier molecular flexibility index (Phi) is 3.50. The molecule has 8 nitrogen and oxygen atoms in total. The third-order valence-corrected chi connectivity index (χ3v) is 3.35. The van der Waals surface area contributed by atoms with Crippen LogP contribution in [0, 0.1) is 6.92 Å². The minimum atomic E-state index is -0.227. The number of aromatic nitrogens is 5. The maximum atomic E-state index is 11.9. The molecule has 3 rings (SSSR count). The van der Waals surface area contributed by atoms with Crippen molar-refractivity contribution in [3.8, 4) is 17.2 Å². The second kappa shape index (κ2) is 5.47. The summed E-state index contributed by atoms with van der Waals surface area (Å²) in [6.45, 7) is 1.88. The molecule has 0 N–H and O–H groups in total. The summed E-state index contributed by atoms with van der Waals surface area (Å²) in [5, 5.41) is 12.1. The van der Waals surface area contributed by atoms with Gasteiger partial charge in [-0.25, -0.2) is 9.48 Å². The standard InChI is InChI=1S/C14H15N5O3/c1-9-17-19(14(20)18(9)2)8-12-15-16-13(22-12)10-6-4-5-7-11(10)21-3/h4-7H,8H2,1-3H3. The average molecular weight is 301 g/mol. The Morgan fingerprint density at radius 3 is 2.73 bits per heavy atom. The van der Waals surface area contributed by atoms with Crippen LogP contribution in [0.1, 0.15) is 11.7 Å². The van der Waals surface area contributed by atoms with Gasteiger partial charge in [-0.3, -0.25) is 4.57 Å². The SMILES string of the molecule is COc1ccccc1-c1nnc(Cn2nc(C)n(C)c2=O)o1. The molecule has 0 unspecified atom stereocenters. The topological polar surface area (TPSA) is 88.0 Å². The summed E-state index contributed by atoms with van der Waals surface area (Å²) in [4.78, 5) is 11.9. The number of methoxy groups -OCH3 is 1. The van der Waals surface area contributed by atoms with Crippen LogP contribution in [0.4, 0.5) is 0 Å². The molecule has 0 amide bonds. The molecule has 0 fully saturated rings. The second-order valence-corrected chi connectivity index (χ2v) is 4.75. The molecule has 0 aliphatic rings. The van der Waals surface area contributed by atoms with Crippen molar-refractivity contribution in [1.82, 2.24) is 24.5 Å². The Morgan fingerprint density at radius 2 is 2.05 bits per heavy atom. The van der Waals surface area contributed by atoms with Gasteiger partial charge in [0.2, 0.25) is 5.89 Å². The van der Waals surface area contributed by atoms with Gasteiger partial charge in [0.25, 0.3) is 5.89 Å². The molecule has 0 radical (unpaired) electrons. The van der Waals surface area contributed by atoms with Crippen LogP contribution in [0.15, 0.2) is 33.5 Å². The van der Waals surface area contributed by atoms with E-state index in [-0.39, 0.29) is 12.2 Å². The van der Waals surface area contributed by atoms with Crippen molar-refractivity contribution in [1.29, 1.82) is 0 Å². The van der Waals surface area contributed by atoms with Crippen LogP contribution in [-0.2, 0) is 13.6 Å². The average Bonchev–Trinajstić information content (AvgIpc) is 3.09. The first-order chi connectivity index (χ1) is 10.6. The second-order valence-electron chi connectivity index (χ2n) is 4.75. The van der Waals surface area contributed by atoms with Crippen LogP contribution >= 0.6 is 0 Å². The molecule has 3 aromatic rings. The maximum absolute atomic E-state index is 11.9. The molecular weight excluding hydrogens is 286 g/mol. The predicted octanol–water partition coefficient (Wildman–Crippen LogP) is 0.997. The highest BCUT2D eigenvalue weighted by molar-refractivity contribution is 5.62. The zero-order valence-corrected chi connectivity index (χ0v) is 12.5. The predicted molar refractivity (Wildman–Crippen MR) is 77.6 cm³/mol. The first kappa shape index (κ1) is 14.1. The molecule has 1 aromatic carbocycles. The van der Waals surface area contributed by atoms with Crippen LogP contribution < -0.4 is 10.4 Å². The normalized spacial score (nSPS) is 10.9. The lowest BCUT2D eigenvalue weighted by atomic mass is 10.2. The summed E-state index contributed by atoms with van der Waals surface area (Å²) in [5.41, 5.74) is 0.475. The highest BCUT2D eigenvalue weighted by Crippen LogP contribution is 2.28. The summed E-state index contributed by atoms with van der Waals surface area (Å²) in [6, 6.07) is 7.35. The van der Waals surface area contributed by atoms with E-state index in [2.05, 4.69) is 15.3 Å². The van der Waals surface area contributed by atoms with Crippen molar-refractivity contribution in [2.24, 2.45) is 7.05 Å². The molecule has 0 saturated heterocycles. The lowest BCUT2D eigenvalue weighted by Gasteiger charge is -2.03. The van der Waals surface area contributed by atoms with E-state index < -0.39 is 0 Å². The Morgan fingerprint density at radius 1 is 1.27 bits per heavy atom. The van der Waals surface area contributed by atoms with E-state index >= 15 is 0 Å². The van der Waals surface area contributed by atoms with Gasteiger partial charge in [-0.15, -0.1) is 10.2 Å². The fourth-order valence-corrected chi connectivity index (χ4v) is 2.07. The Labute approximate surface area is 126 Å². The largest absolute Gasteiger partial charge is 0.496 e. The van der Waals surface area contributed by atoms with E-state index in [9.17, 15) is 4.79 Å². The number of ether oxygens (including phenoxy) is 1. The first-order valence-electron chi connectivity index (χ1n) is 6.66. The third kappa shape index (κ3) is 2.39. The molecule has 0 aliphatic carbocycles. The number of para-hydroxylation sites is 1. The number of nitrogens with zero attached hydrogens (tertiary/aromatic N) is 5. The van der Waals surface area contributed by atoms with Crippen LogP contribution in [0.25, 0.3) is 11.5 Å². The van der Waals surface area contributed by atoms with Gasteiger partial charge in [0.15, 0.2) is 0 Å². The molecule has 8 heteroatoms. The van der Waals surface area contributed by atoms with E-state index in [0.717, 1.165) is 0 Å². The number of benzene rings is 1. The van der Waals surface area contributed by atoms with Gasteiger partial charge in [0.05, 0.1) is 12.7 Å². The molecular formula is C14H15N5O3. The van der Waals surface area contributed by atoms with Gasteiger partial charge in [0.1, 0.15) is 18.1 Å². The lowest BCUT2D eigenvalue weighted by molar-refractivity contribution is 0.412. The minimum absolute atomic E-state index is 0.128. The number of rotatable bonds is 4. The first-order valence-corrected chi connectivity index (χ1v) is 6.66. The van der Waals surface area contributed by atoms with Crippen molar-refractivity contribution in [3.05, 3.63) is 46.5 Å². The summed E-state index contributed by atoms with van der Waals surface area (Å²) >= 11 is 0. The van der Waals surface area contributed by atoms with Crippen molar-refractivity contribution in [3.63, 3.8) is 0 Å². The van der Waals surface area contributed by atoms with Crippen molar-refractivity contribution >= 4 is 0 Å². The third-order valence-electron chi connectivity index (χ3n) is 3.35. The molecule has 2 aromatic heterocycles. The van der Waals surface area contributed by atoms with E-state index in [0.29, 0.717) is 28.9 Å². The van der Waals surface area contributed by atoms with Crippen LogP contribution in [-0.4, -0.2) is 31.7 Å². The zero-order chi connectivity index (χ0) is 15.7. The minimum Gasteiger partial charge on any atom is -0.496 e. The van der Waals surface area contributed by atoms with Gasteiger partial charge in [-0.2, -0.15) is 5.10 Å². The quantitative estimate of drug-likeness (QED) is 0.714. The molecule has 2 heterocycles. The number of hydrogen-bond donors (Lipinski definition) is 0. The Balaban J connectivity index is 1.91. The van der Waals surface area contributed by atoms with Crippen LogP contribution in [0.3, 0.4) is 0 Å². The van der Waals surface area contributed by atoms with Gasteiger partial charge in [-0.1, -0.05) is 12.1 Å². The molecule has 114 valence electrons. The zero-order valence-electron chi connectivity index (χ0n) is 12.5. The van der Waals surface area contributed by atoms with Crippen LogP contribution in [0.5, 0.6) is 5.75 Å². The summed E-state index contributed by atoms with van der Waals surface area (Å²) in [5.74, 6) is 1.91. The Hall–Kier alpha value is -2.90. The van der Waals surface area contributed by atoms with Gasteiger partial charge in [-0.05, 0) is 19.1 Å². The number of hydrogen-bond acceptors (Lipinski definition) is 6. The van der Waals surface area contributed by atoms with Crippen LogP contribution in [0.2, 0.25) is 0 Å². The summed E-state index contributed by atoms with van der Waals surface area (Å²) in [7, 11) is 3.24. The van der Waals surface area contributed by atoms with Gasteiger partial charge < -0.3 is 9.15 Å². The van der Waals surface area contributed by atoms with E-state index in [1.54, 1.807) is 21.1 Å². The summed E-state index contributed by atoms with van der Waals surface area (Å²) in [6.07, 6.45) is 0. The maximum Gasteiger partial charge on any atom is 0.346 e. The van der Waals surface area contributed by atoms with Crippen molar-refractivity contribution in [2.75, 3.05) is 7.11 Å². The van der Waals surface area contributed by atoms with Gasteiger partial charge in [0, 0.05) is 7.05 Å². The van der Waals surface area contributed by atoms with E-state index in [4.69, 9.17) is 9.15 Å². The molecule has 0 aliphatic heterocycles. The monoisotopic (exact) mass is 301 g/mol. The summed E-state index contributed by atoms with van der Waals surface area (Å²) < 4.78 is 13.6. The van der Waals surface area contributed by atoms with E-state index in [1.165, 1.54) is 9.25 Å².